The summed E-state index contributed by atoms with van der Waals surface area (Å²) in [5.74, 6) is 0.649. The summed E-state index contributed by atoms with van der Waals surface area (Å²) in [5.41, 5.74) is 0.605. The molecule has 0 saturated heterocycles. The zero-order valence-electron chi connectivity index (χ0n) is 16.5. The van der Waals surface area contributed by atoms with Crippen LogP contribution in [-0.2, 0) is 14.3 Å². The number of rotatable bonds is 2. The van der Waals surface area contributed by atoms with E-state index in [0.29, 0.717) is 53.2 Å². The van der Waals surface area contributed by atoms with Crippen LogP contribution in [0.3, 0.4) is 0 Å². The molecular weight excluding hydrogens is 378 g/mol. The number of hydrogen-bond acceptors (Lipinski definition) is 6. The minimum Gasteiger partial charge on any atom is -0.465 e. The lowest BCUT2D eigenvalue weighted by Gasteiger charge is -2.42. The van der Waals surface area contributed by atoms with E-state index in [1.54, 1.807) is 6.07 Å². The molecule has 148 valence electrons. The van der Waals surface area contributed by atoms with Crippen LogP contribution in [0.2, 0.25) is 0 Å². The summed E-state index contributed by atoms with van der Waals surface area (Å²) in [6.45, 7) is 8.12. The first-order chi connectivity index (χ1) is 13.0. The Kier molecular flexibility index (Phi) is 4.16. The Bertz CT molecular complexity index is 927. The highest BCUT2D eigenvalue weighted by atomic mass is 32.1. The zero-order valence-corrected chi connectivity index (χ0v) is 17.3. The van der Waals surface area contributed by atoms with E-state index >= 15 is 0 Å². The molecule has 1 aromatic rings. The van der Waals surface area contributed by atoms with Gasteiger partial charge in [0.15, 0.2) is 11.6 Å². The molecule has 6 nitrogen and oxygen atoms in total. The monoisotopic (exact) mass is 401 g/mol. The summed E-state index contributed by atoms with van der Waals surface area (Å²) >= 11 is 1.04. The van der Waals surface area contributed by atoms with Gasteiger partial charge < -0.3 is 4.74 Å². The number of carbonyl (C=O) groups excluding carboxylic acids is 2. The fourth-order valence-corrected chi connectivity index (χ4v) is 5.50. The summed E-state index contributed by atoms with van der Waals surface area (Å²) in [5, 5.41) is 11.2. The van der Waals surface area contributed by atoms with Crippen LogP contribution in [0.25, 0.3) is 0 Å². The first-order valence-corrected chi connectivity index (χ1v) is 10.2. The van der Waals surface area contributed by atoms with Gasteiger partial charge in [-0.1, -0.05) is 39.0 Å². The van der Waals surface area contributed by atoms with Crippen LogP contribution in [0.15, 0.2) is 34.8 Å². The molecule has 2 aliphatic carbocycles. The summed E-state index contributed by atoms with van der Waals surface area (Å²) in [6.07, 6.45) is 1.98. The number of Topliss-reactive ketones (excluding diaryl/α,β-unsaturated/α-hetero) is 2. The van der Waals surface area contributed by atoms with Gasteiger partial charge in [-0.05, 0) is 16.9 Å². The fourth-order valence-electron chi connectivity index (χ4n) is 4.55. The highest BCUT2D eigenvalue weighted by Gasteiger charge is 2.48. The van der Waals surface area contributed by atoms with Gasteiger partial charge in [0.2, 0.25) is 0 Å². The normalized spacial score (nSPS) is 24.0. The molecular formula is C21H23NO5S. The third-order valence-electron chi connectivity index (χ3n) is 5.66. The first-order valence-electron chi connectivity index (χ1n) is 9.42. The highest BCUT2D eigenvalue weighted by molar-refractivity contribution is 7.15. The third kappa shape index (κ3) is 3.11. The predicted molar refractivity (Wildman–Crippen MR) is 105 cm³/mol. The molecule has 0 radical (unpaired) electrons. The standard InChI is InChI=1S/C21H23NO5S/c1-20(2)7-11(23)17-13(9-20)27-14-10-21(3,4)8-12(24)18(14)19(17)15-5-6-16(28-15)22(25)26/h5-6,19H,7-10H2,1-4H3. The van der Waals surface area contributed by atoms with Gasteiger partial charge in [-0.25, -0.2) is 0 Å². The van der Waals surface area contributed by atoms with Gasteiger partial charge in [0, 0.05) is 47.8 Å². The lowest BCUT2D eigenvalue weighted by Crippen LogP contribution is -2.37. The van der Waals surface area contributed by atoms with Crippen LogP contribution in [0.1, 0.15) is 64.2 Å². The highest BCUT2D eigenvalue weighted by Crippen LogP contribution is 2.54. The summed E-state index contributed by atoms with van der Waals surface area (Å²) < 4.78 is 6.20. The molecule has 7 heteroatoms. The number of ketones is 2. The molecule has 0 fully saturated rings. The maximum absolute atomic E-state index is 13.1. The average molecular weight is 401 g/mol. The Balaban J connectivity index is 1.90. The lowest BCUT2D eigenvalue weighted by molar-refractivity contribution is -0.380. The molecule has 0 unspecified atom stereocenters. The predicted octanol–water partition coefficient (Wildman–Crippen LogP) is 5.06. The molecule has 0 saturated carbocycles. The summed E-state index contributed by atoms with van der Waals surface area (Å²) in [6, 6.07) is 3.12. The molecule has 1 aromatic heterocycles. The molecule has 0 amide bonds. The fraction of sp³-hybridized carbons (Fsp3) is 0.524. The maximum atomic E-state index is 13.1. The molecule has 0 atom stereocenters. The second-order valence-corrected chi connectivity index (χ2v) is 10.6. The van der Waals surface area contributed by atoms with Crippen LogP contribution in [-0.4, -0.2) is 16.5 Å². The second-order valence-electron chi connectivity index (χ2n) is 9.52. The molecule has 1 aliphatic heterocycles. The van der Waals surface area contributed by atoms with Gasteiger partial charge in [-0.15, -0.1) is 0 Å². The molecule has 0 aromatic carbocycles. The zero-order chi connectivity index (χ0) is 20.4. The third-order valence-corrected chi connectivity index (χ3v) is 6.76. The number of thiophene rings is 1. The lowest BCUT2D eigenvalue weighted by atomic mass is 9.67. The summed E-state index contributed by atoms with van der Waals surface area (Å²) in [7, 11) is 0. The quantitative estimate of drug-likeness (QED) is 0.511. The van der Waals surface area contributed by atoms with E-state index in [4.69, 9.17) is 4.74 Å². The van der Waals surface area contributed by atoms with Crippen molar-refractivity contribution in [3.63, 3.8) is 0 Å². The Morgan fingerprint density at radius 2 is 1.46 bits per heavy atom. The van der Waals surface area contributed by atoms with Crippen molar-refractivity contribution in [2.45, 2.75) is 59.3 Å². The van der Waals surface area contributed by atoms with Crippen molar-refractivity contribution in [1.82, 2.24) is 0 Å². The Labute approximate surface area is 167 Å². The average Bonchev–Trinajstić information content (AvgIpc) is 3.00. The Morgan fingerprint density at radius 3 is 1.89 bits per heavy atom. The van der Waals surface area contributed by atoms with Gasteiger partial charge in [0.25, 0.3) is 0 Å². The van der Waals surface area contributed by atoms with Gasteiger partial charge in [0.05, 0.1) is 10.8 Å². The van der Waals surface area contributed by atoms with Crippen molar-refractivity contribution in [3.8, 4) is 0 Å². The summed E-state index contributed by atoms with van der Waals surface area (Å²) in [4.78, 5) is 37.6. The van der Waals surface area contributed by atoms with Gasteiger partial charge in [0.1, 0.15) is 11.5 Å². The molecule has 4 rings (SSSR count). The van der Waals surface area contributed by atoms with Gasteiger partial charge >= 0.3 is 5.00 Å². The smallest absolute Gasteiger partial charge is 0.324 e. The van der Waals surface area contributed by atoms with E-state index in [1.165, 1.54) is 6.07 Å². The van der Waals surface area contributed by atoms with E-state index in [0.717, 1.165) is 11.3 Å². The van der Waals surface area contributed by atoms with Crippen LogP contribution in [0.4, 0.5) is 5.00 Å². The SMILES string of the molecule is CC1(C)CC(=O)C2=C(C1)OC1=C(C(=O)CC(C)(C)C1)C2c1ccc([N+](=O)[O-])s1. The van der Waals surface area contributed by atoms with Gasteiger partial charge in [-0.2, -0.15) is 0 Å². The molecule has 3 aliphatic rings. The van der Waals surface area contributed by atoms with Crippen molar-refractivity contribution in [1.29, 1.82) is 0 Å². The van der Waals surface area contributed by atoms with E-state index in [2.05, 4.69) is 0 Å². The van der Waals surface area contributed by atoms with E-state index in [9.17, 15) is 19.7 Å². The maximum Gasteiger partial charge on any atom is 0.324 e. The minimum atomic E-state index is -0.551. The molecule has 2 heterocycles. The number of hydrogen-bond donors (Lipinski definition) is 0. The molecule has 0 N–H and O–H groups in total. The van der Waals surface area contributed by atoms with Crippen LogP contribution in [0, 0.1) is 20.9 Å². The van der Waals surface area contributed by atoms with E-state index in [-0.39, 0.29) is 27.4 Å². The Morgan fingerprint density at radius 1 is 0.964 bits per heavy atom. The van der Waals surface area contributed by atoms with E-state index < -0.39 is 10.8 Å². The number of ether oxygens (including phenoxy) is 1. The molecule has 0 spiro atoms. The first kappa shape index (κ1) is 19.1. The largest absolute Gasteiger partial charge is 0.465 e. The number of nitrogens with zero attached hydrogens (tertiary/aromatic N) is 1. The van der Waals surface area contributed by atoms with E-state index in [1.807, 2.05) is 27.7 Å². The van der Waals surface area contributed by atoms with Crippen molar-refractivity contribution in [3.05, 3.63) is 49.8 Å². The van der Waals surface area contributed by atoms with Crippen molar-refractivity contribution < 1.29 is 19.2 Å². The van der Waals surface area contributed by atoms with Crippen LogP contribution in [0.5, 0.6) is 0 Å². The number of nitro groups is 1. The van der Waals surface area contributed by atoms with Crippen LogP contribution < -0.4 is 0 Å². The topological polar surface area (TPSA) is 86.5 Å². The van der Waals surface area contributed by atoms with Gasteiger partial charge in [-0.3, -0.25) is 19.7 Å². The molecule has 0 bridgehead atoms. The molecule has 28 heavy (non-hydrogen) atoms. The number of allylic oxidation sites excluding steroid dienone is 4. The second kappa shape index (κ2) is 6.11. The number of carbonyl (C=O) groups is 2. The Hall–Kier alpha value is -2.28. The van der Waals surface area contributed by atoms with Crippen LogP contribution >= 0.6 is 11.3 Å². The van der Waals surface area contributed by atoms with Crippen molar-refractivity contribution >= 4 is 27.9 Å². The van der Waals surface area contributed by atoms with Crippen molar-refractivity contribution in [2.24, 2.45) is 10.8 Å². The van der Waals surface area contributed by atoms with Crippen molar-refractivity contribution in [2.75, 3.05) is 0 Å². The minimum absolute atomic E-state index is 0.0120.